The summed E-state index contributed by atoms with van der Waals surface area (Å²) in [5, 5.41) is 3.41. The molecule has 0 unspecified atom stereocenters. The molecule has 0 bridgehead atoms. The van der Waals surface area contributed by atoms with Gasteiger partial charge in [-0.15, -0.1) is 0 Å². The smallest absolute Gasteiger partial charge is 0.255 e. The highest BCUT2D eigenvalue weighted by atomic mass is 35.5. The number of hydrogen-bond acceptors (Lipinski definition) is 2. The van der Waals surface area contributed by atoms with Crippen molar-refractivity contribution in [2.75, 3.05) is 5.32 Å². The lowest BCUT2D eigenvalue weighted by molar-refractivity contribution is 0.102. The van der Waals surface area contributed by atoms with Gasteiger partial charge in [0.25, 0.3) is 5.91 Å². The van der Waals surface area contributed by atoms with Crippen LogP contribution in [0.15, 0.2) is 66.7 Å². The average Bonchev–Trinajstić information content (AvgIpc) is 2.60. The Morgan fingerprint density at radius 2 is 1.68 bits per heavy atom. The zero-order valence-corrected chi connectivity index (χ0v) is 14.8. The molecule has 1 N–H and O–H groups in total. The first-order valence-electron chi connectivity index (χ1n) is 7.94. The summed E-state index contributed by atoms with van der Waals surface area (Å²) in [6.45, 7) is 4.00. The third kappa shape index (κ3) is 4.20. The van der Waals surface area contributed by atoms with E-state index in [4.69, 9.17) is 16.3 Å². The molecule has 0 atom stereocenters. The van der Waals surface area contributed by atoms with E-state index in [1.54, 1.807) is 24.3 Å². The molecule has 25 heavy (non-hydrogen) atoms. The molecule has 3 aromatic carbocycles. The van der Waals surface area contributed by atoms with E-state index < -0.39 is 0 Å². The molecule has 0 saturated carbocycles. The highest BCUT2D eigenvalue weighted by Gasteiger charge is 2.12. The normalized spacial score (nSPS) is 10.4. The van der Waals surface area contributed by atoms with Gasteiger partial charge in [0.2, 0.25) is 0 Å². The Balaban J connectivity index is 1.87. The van der Waals surface area contributed by atoms with Gasteiger partial charge in [0.1, 0.15) is 5.75 Å². The van der Waals surface area contributed by atoms with E-state index in [2.05, 4.69) is 5.32 Å². The molecule has 0 aromatic heterocycles. The lowest BCUT2D eigenvalue weighted by Crippen LogP contribution is -2.13. The largest absolute Gasteiger partial charge is 0.455 e. The molecular weight excluding hydrogens is 334 g/mol. The second-order valence-corrected chi connectivity index (χ2v) is 6.25. The van der Waals surface area contributed by atoms with Crippen LogP contribution in [0.1, 0.15) is 21.5 Å². The van der Waals surface area contributed by atoms with Gasteiger partial charge in [-0.05, 0) is 67.4 Å². The van der Waals surface area contributed by atoms with Crippen LogP contribution in [-0.2, 0) is 0 Å². The molecule has 0 fully saturated rings. The van der Waals surface area contributed by atoms with Gasteiger partial charge in [-0.25, -0.2) is 0 Å². The second-order valence-electron chi connectivity index (χ2n) is 5.81. The van der Waals surface area contributed by atoms with Crippen LogP contribution in [0.4, 0.5) is 5.69 Å². The fourth-order valence-electron chi connectivity index (χ4n) is 2.38. The van der Waals surface area contributed by atoms with Crippen LogP contribution in [0.3, 0.4) is 0 Å². The number of ether oxygens (including phenoxy) is 1. The maximum absolute atomic E-state index is 12.6. The lowest BCUT2D eigenvalue weighted by atomic mass is 10.1. The molecule has 3 aromatic rings. The van der Waals surface area contributed by atoms with Crippen LogP contribution in [0.5, 0.6) is 11.5 Å². The van der Waals surface area contributed by atoms with Crippen molar-refractivity contribution in [3.63, 3.8) is 0 Å². The summed E-state index contributed by atoms with van der Waals surface area (Å²) in [6, 6.07) is 20.1. The van der Waals surface area contributed by atoms with E-state index in [1.807, 2.05) is 56.3 Å². The number of rotatable bonds is 4. The van der Waals surface area contributed by atoms with Gasteiger partial charge in [-0.1, -0.05) is 35.9 Å². The van der Waals surface area contributed by atoms with Crippen LogP contribution in [0, 0.1) is 13.8 Å². The number of carbonyl (C=O) groups is 1. The van der Waals surface area contributed by atoms with E-state index in [9.17, 15) is 4.79 Å². The minimum absolute atomic E-state index is 0.205. The van der Waals surface area contributed by atoms with E-state index in [1.165, 1.54) is 0 Å². The zero-order chi connectivity index (χ0) is 17.8. The van der Waals surface area contributed by atoms with Crippen LogP contribution in [0.25, 0.3) is 0 Å². The van der Waals surface area contributed by atoms with Gasteiger partial charge in [0.15, 0.2) is 5.75 Å². The number of para-hydroxylation sites is 1. The van der Waals surface area contributed by atoms with Crippen LogP contribution in [-0.4, -0.2) is 5.91 Å². The SMILES string of the molecule is Cc1ccc(C(=O)Nc2cc(Cl)ccc2Oc2ccccc2)cc1C. The molecule has 0 saturated heterocycles. The van der Waals surface area contributed by atoms with Crippen LogP contribution in [0.2, 0.25) is 5.02 Å². The molecule has 0 aliphatic rings. The third-order valence-corrected chi connectivity index (χ3v) is 4.17. The van der Waals surface area contributed by atoms with Crippen LogP contribution >= 0.6 is 11.6 Å². The summed E-state index contributed by atoms with van der Waals surface area (Å²) < 4.78 is 5.87. The molecule has 0 aliphatic heterocycles. The molecule has 0 heterocycles. The number of benzene rings is 3. The minimum atomic E-state index is -0.205. The Hall–Kier alpha value is -2.78. The standard InChI is InChI=1S/C21H18ClNO2/c1-14-8-9-16(12-15(14)2)21(24)23-19-13-17(22)10-11-20(19)25-18-6-4-3-5-7-18/h3-13H,1-2H3,(H,23,24). The Kier molecular flexibility index (Phi) is 5.05. The van der Waals surface area contributed by atoms with Crippen molar-refractivity contribution in [3.05, 3.63) is 88.4 Å². The summed E-state index contributed by atoms with van der Waals surface area (Å²) in [7, 11) is 0. The average molecular weight is 352 g/mol. The summed E-state index contributed by atoms with van der Waals surface area (Å²) >= 11 is 6.09. The van der Waals surface area contributed by atoms with Gasteiger partial charge in [-0.3, -0.25) is 4.79 Å². The van der Waals surface area contributed by atoms with Crippen molar-refractivity contribution in [1.29, 1.82) is 0 Å². The van der Waals surface area contributed by atoms with Crippen molar-refractivity contribution in [2.24, 2.45) is 0 Å². The zero-order valence-electron chi connectivity index (χ0n) is 14.0. The highest BCUT2D eigenvalue weighted by molar-refractivity contribution is 6.31. The predicted molar refractivity (Wildman–Crippen MR) is 102 cm³/mol. The van der Waals surface area contributed by atoms with Gasteiger partial charge >= 0.3 is 0 Å². The summed E-state index contributed by atoms with van der Waals surface area (Å²) in [6.07, 6.45) is 0. The molecule has 0 aliphatic carbocycles. The van der Waals surface area contributed by atoms with Crippen molar-refractivity contribution < 1.29 is 9.53 Å². The first kappa shape index (κ1) is 17.1. The molecule has 0 radical (unpaired) electrons. The number of carbonyl (C=O) groups excluding carboxylic acids is 1. The van der Waals surface area contributed by atoms with Crippen molar-refractivity contribution in [2.45, 2.75) is 13.8 Å². The minimum Gasteiger partial charge on any atom is -0.455 e. The van der Waals surface area contributed by atoms with E-state index in [0.29, 0.717) is 27.8 Å². The van der Waals surface area contributed by atoms with Crippen molar-refractivity contribution >= 4 is 23.2 Å². The number of amides is 1. The van der Waals surface area contributed by atoms with Gasteiger partial charge < -0.3 is 10.1 Å². The van der Waals surface area contributed by atoms with Gasteiger partial charge in [-0.2, -0.15) is 0 Å². The van der Waals surface area contributed by atoms with E-state index in [-0.39, 0.29) is 5.91 Å². The summed E-state index contributed by atoms with van der Waals surface area (Å²) in [4.78, 5) is 12.6. The van der Waals surface area contributed by atoms with Crippen LogP contribution < -0.4 is 10.1 Å². The number of hydrogen-bond donors (Lipinski definition) is 1. The number of nitrogens with one attached hydrogen (secondary N) is 1. The molecule has 126 valence electrons. The first-order valence-corrected chi connectivity index (χ1v) is 8.32. The monoisotopic (exact) mass is 351 g/mol. The fourth-order valence-corrected chi connectivity index (χ4v) is 2.55. The maximum Gasteiger partial charge on any atom is 0.255 e. The van der Waals surface area contributed by atoms with Gasteiger partial charge in [0, 0.05) is 10.6 Å². The predicted octanol–water partition coefficient (Wildman–Crippen LogP) is 6.00. The van der Waals surface area contributed by atoms with E-state index in [0.717, 1.165) is 11.1 Å². The Morgan fingerprint density at radius 3 is 2.40 bits per heavy atom. The highest BCUT2D eigenvalue weighted by Crippen LogP contribution is 2.32. The summed E-state index contributed by atoms with van der Waals surface area (Å²) in [5.41, 5.74) is 3.33. The lowest BCUT2D eigenvalue weighted by Gasteiger charge is -2.13. The number of anilines is 1. The van der Waals surface area contributed by atoms with Crippen molar-refractivity contribution in [1.82, 2.24) is 0 Å². The third-order valence-electron chi connectivity index (χ3n) is 3.93. The first-order chi connectivity index (χ1) is 12.0. The second kappa shape index (κ2) is 7.41. The summed E-state index contributed by atoms with van der Waals surface area (Å²) in [5.74, 6) is 1.02. The molecule has 0 spiro atoms. The Bertz CT molecular complexity index is 907. The molecule has 1 amide bonds. The number of aryl methyl sites for hydroxylation is 2. The van der Waals surface area contributed by atoms with Crippen molar-refractivity contribution in [3.8, 4) is 11.5 Å². The fraction of sp³-hybridized carbons (Fsp3) is 0.0952. The molecule has 3 nitrogen and oxygen atoms in total. The maximum atomic E-state index is 12.6. The number of halogens is 1. The molecule has 4 heteroatoms. The Labute approximate surface area is 152 Å². The molecule has 3 rings (SSSR count). The van der Waals surface area contributed by atoms with Gasteiger partial charge in [0.05, 0.1) is 5.69 Å². The topological polar surface area (TPSA) is 38.3 Å². The van der Waals surface area contributed by atoms with E-state index >= 15 is 0 Å². The quantitative estimate of drug-likeness (QED) is 0.625. The Morgan fingerprint density at radius 1 is 0.920 bits per heavy atom. The molecular formula is C21H18ClNO2.